The van der Waals surface area contributed by atoms with Gasteiger partial charge < -0.3 is 18.9 Å². The van der Waals surface area contributed by atoms with Crippen LogP contribution in [0.4, 0.5) is 13.6 Å². The molecular weight excluding hydrogens is 398 g/mol. The molecule has 8 nitrogen and oxygen atoms in total. The van der Waals surface area contributed by atoms with Crippen molar-refractivity contribution in [3.63, 3.8) is 0 Å². The van der Waals surface area contributed by atoms with Crippen molar-refractivity contribution in [3.8, 4) is 11.4 Å². The third-order valence-corrected chi connectivity index (χ3v) is 5.16. The van der Waals surface area contributed by atoms with Gasteiger partial charge in [-0.3, -0.25) is 4.68 Å². The van der Waals surface area contributed by atoms with Gasteiger partial charge in [0.05, 0.1) is 24.5 Å². The van der Waals surface area contributed by atoms with Crippen LogP contribution < -0.4 is 0 Å². The predicted molar refractivity (Wildman–Crippen MR) is 102 cm³/mol. The highest BCUT2D eigenvalue weighted by Gasteiger charge is 2.34. The van der Waals surface area contributed by atoms with E-state index in [9.17, 15) is 13.6 Å². The van der Waals surface area contributed by atoms with E-state index in [4.69, 9.17) is 19.1 Å². The number of halogens is 2. The highest BCUT2D eigenvalue weighted by atomic mass is 19.3. The second kappa shape index (κ2) is 7.98. The van der Waals surface area contributed by atoms with Crippen LogP contribution in [0.2, 0.25) is 0 Å². The molecule has 10 heteroatoms. The largest absolute Gasteiger partial charge is 0.444 e. The number of hydrogen-bond donors (Lipinski definition) is 0. The number of aromatic nitrogens is 3. The Morgan fingerprint density at radius 2 is 2.20 bits per heavy atom. The van der Waals surface area contributed by atoms with Crippen molar-refractivity contribution in [3.05, 3.63) is 23.1 Å². The number of hydrogen-bond acceptors (Lipinski definition) is 6. The Labute approximate surface area is 173 Å². The molecule has 2 aromatic rings. The van der Waals surface area contributed by atoms with E-state index in [2.05, 4.69) is 5.16 Å². The summed E-state index contributed by atoms with van der Waals surface area (Å²) in [5, 5.41) is 8.92. The quantitative estimate of drug-likeness (QED) is 0.749. The zero-order valence-corrected chi connectivity index (χ0v) is 17.4. The van der Waals surface area contributed by atoms with Crippen molar-refractivity contribution in [2.24, 2.45) is 5.92 Å². The van der Waals surface area contributed by atoms with Crippen LogP contribution in [0.25, 0.3) is 11.4 Å². The van der Waals surface area contributed by atoms with Crippen LogP contribution in [0, 0.1) is 5.92 Å². The van der Waals surface area contributed by atoms with Crippen molar-refractivity contribution in [1.29, 1.82) is 0 Å². The number of rotatable bonds is 4. The average Bonchev–Trinajstić information content (AvgIpc) is 3.19. The second-order valence-electron chi connectivity index (χ2n) is 8.79. The lowest BCUT2D eigenvalue weighted by Gasteiger charge is -2.29. The van der Waals surface area contributed by atoms with Crippen LogP contribution >= 0.6 is 0 Å². The molecule has 30 heavy (non-hydrogen) atoms. The standard InChI is InChI=1S/C20H26F2N4O4/c1-20(2,3)30-19(27)25-5-4-15-14(8-25)18-17-13(10-29-24-17)6-12(7-26(18)23-15)9-28-11-16(21)22/h10,12,16H,4-9,11H2,1-3H3. The molecule has 1 unspecified atom stereocenters. The molecule has 2 aliphatic heterocycles. The monoisotopic (exact) mass is 424 g/mol. The summed E-state index contributed by atoms with van der Waals surface area (Å²) >= 11 is 0. The first-order chi connectivity index (χ1) is 14.2. The topological polar surface area (TPSA) is 82.6 Å². The Morgan fingerprint density at radius 1 is 1.40 bits per heavy atom. The van der Waals surface area contributed by atoms with E-state index in [1.807, 2.05) is 25.5 Å². The van der Waals surface area contributed by atoms with Gasteiger partial charge >= 0.3 is 6.09 Å². The normalized spacial score (nSPS) is 18.6. The van der Waals surface area contributed by atoms with E-state index < -0.39 is 18.6 Å². The smallest absolute Gasteiger partial charge is 0.410 e. The fourth-order valence-electron chi connectivity index (χ4n) is 3.96. The predicted octanol–water partition coefficient (Wildman–Crippen LogP) is 3.29. The Morgan fingerprint density at radius 3 is 2.93 bits per heavy atom. The Kier molecular flexibility index (Phi) is 5.52. The number of carbonyl (C=O) groups excluding carboxylic acids is 1. The van der Waals surface area contributed by atoms with Gasteiger partial charge in [-0.05, 0) is 27.2 Å². The lowest BCUT2D eigenvalue weighted by atomic mass is 9.99. The molecule has 0 radical (unpaired) electrons. The van der Waals surface area contributed by atoms with Crippen LogP contribution in [0.5, 0.6) is 0 Å². The maximum Gasteiger partial charge on any atom is 0.410 e. The van der Waals surface area contributed by atoms with E-state index in [1.165, 1.54) is 0 Å². The van der Waals surface area contributed by atoms with Crippen molar-refractivity contribution in [2.45, 2.75) is 58.7 Å². The first kappa shape index (κ1) is 20.8. The third kappa shape index (κ3) is 4.33. The number of ether oxygens (including phenoxy) is 2. The minimum atomic E-state index is -2.49. The Hall–Kier alpha value is -2.49. The number of carbonyl (C=O) groups is 1. The molecule has 0 saturated carbocycles. The molecule has 0 N–H and O–H groups in total. The van der Waals surface area contributed by atoms with Crippen LogP contribution in [-0.2, 0) is 35.4 Å². The SMILES string of the molecule is CC(C)(C)OC(=O)N1CCc2nn3c(c2C1)-c1nocc1CC(COCC(F)F)C3. The number of alkyl halides is 2. The summed E-state index contributed by atoms with van der Waals surface area (Å²) in [6.07, 6.45) is -0.0720. The van der Waals surface area contributed by atoms with Gasteiger partial charge in [-0.25, -0.2) is 13.6 Å². The lowest BCUT2D eigenvalue weighted by Crippen LogP contribution is -2.39. The molecule has 0 bridgehead atoms. The van der Waals surface area contributed by atoms with Crippen molar-refractivity contribution < 1.29 is 27.6 Å². The molecule has 0 aromatic carbocycles. The van der Waals surface area contributed by atoms with Gasteiger partial charge in [0.15, 0.2) is 0 Å². The fraction of sp³-hybridized carbons (Fsp3) is 0.650. The first-order valence-electron chi connectivity index (χ1n) is 10.1. The Balaban J connectivity index is 1.60. The molecule has 0 fully saturated rings. The maximum absolute atomic E-state index is 12.6. The summed E-state index contributed by atoms with van der Waals surface area (Å²) in [5.74, 6) is -0.0357. The van der Waals surface area contributed by atoms with Gasteiger partial charge in [0.2, 0.25) is 0 Å². The molecule has 2 aliphatic rings. The summed E-state index contributed by atoms with van der Waals surface area (Å²) in [7, 11) is 0. The van der Waals surface area contributed by atoms with Crippen LogP contribution in [-0.4, -0.2) is 57.7 Å². The van der Waals surface area contributed by atoms with Gasteiger partial charge in [-0.2, -0.15) is 5.10 Å². The highest BCUT2D eigenvalue weighted by Crippen LogP contribution is 2.36. The van der Waals surface area contributed by atoms with E-state index in [0.29, 0.717) is 38.2 Å². The summed E-state index contributed by atoms with van der Waals surface area (Å²) in [4.78, 5) is 14.2. The number of fused-ring (bicyclic) bond motifs is 5. The van der Waals surface area contributed by atoms with Crippen LogP contribution in [0.15, 0.2) is 10.8 Å². The fourth-order valence-corrected chi connectivity index (χ4v) is 3.96. The molecule has 164 valence electrons. The van der Waals surface area contributed by atoms with Gasteiger partial charge in [0.25, 0.3) is 6.43 Å². The van der Waals surface area contributed by atoms with E-state index in [-0.39, 0.29) is 18.6 Å². The maximum atomic E-state index is 12.6. The zero-order valence-electron chi connectivity index (χ0n) is 17.4. The average molecular weight is 424 g/mol. The third-order valence-electron chi connectivity index (χ3n) is 5.16. The lowest BCUT2D eigenvalue weighted by molar-refractivity contribution is 0.00163. The summed E-state index contributed by atoms with van der Waals surface area (Å²) in [6.45, 7) is 6.54. The molecule has 4 rings (SSSR count). The van der Waals surface area contributed by atoms with Gasteiger partial charge in [-0.1, -0.05) is 5.16 Å². The summed E-state index contributed by atoms with van der Waals surface area (Å²) in [5.41, 5.74) is 3.66. The molecule has 1 amide bonds. The molecular formula is C20H26F2N4O4. The Bertz CT molecular complexity index is 919. The van der Waals surface area contributed by atoms with E-state index in [0.717, 1.165) is 22.5 Å². The molecule has 0 saturated heterocycles. The minimum Gasteiger partial charge on any atom is -0.444 e. The number of nitrogens with zero attached hydrogens (tertiary/aromatic N) is 4. The molecule has 2 aromatic heterocycles. The van der Waals surface area contributed by atoms with Gasteiger partial charge in [-0.15, -0.1) is 0 Å². The van der Waals surface area contributed by atoms with Crippen LogP contribution in [0.3, 0.4) is 0 Å². The van der Waals surface area contributed by atoms with E-state index in [1.54, 1.807) is 11.2 Å². The van der Waals surface area contributed by atoms with Crippen molar-refractivity contribution in [1.82, 2.24) is 19.8 Å². The van der Waals surface area contributed by atoms with Crippen molar-refractivity contribution in [2.75, 3.05) is 19.8 Å². The van der Waals surface area contributed by atoms with Crippen molar-refractivity contribution >= 4 is 6.09 Å². The minimum absolute atomic E-state index is 0.0357. The van der Waals surface area contributed by atoms with Gasteiger partial charge in [0.1, 0.15) is 24.2 Å². The molecule has 0 spiro atoms. The summed E-state index contributed by atoms with van der Waals surface area (Å²) in [6, 6.07) is 0. The van der Waals surface area contributed by atoms with Gasteiger partial charge in [0, 0.05) is 36.6 Å². The highest BCUT2D eigenvalue weighted by molar-refractivity contribution is 5.71. The zero-order chi connectivity index (χ0) is 21.5. The van der Waals surface area contributed by atoms with Crippen LogP contribution in [0.1, 0.15) is 37.6 Å². The molecule has 0 aliphatic carbocycles. The number of amides is 1. The molecule has 4 heterocycles. The second-order valence-corrected chi connectivity index (χ2v) is 8.79. The van der Waals surface area contributed by atoms with E-state index >= 15 is 0 Å². The first-order valence-corrected chi connectivity index (χ1v) is 10.1. The molecule has 1 atom stereocenters. The summed E-state index contributed by atoms with van der Waals surface area (Å²) < 4.78 is 42.7.